The summed E-state index contributed by atoms with van der Waals surface area (Å²) in [6, 6.07) is -0.224. The Morgan fingerprint density at radius 3 is 2.83 bits per heavy atom. The predicted octanol–water partition coefficient (Wildman–Crippen LogP) is 1.79. The van der Waals surface area contributed by atoms with Crippen molar-refractivity contribution < 1.29 is 4.79 Å². The lowest BCUT2D eigenvalue weighted by atomic mass is 10.1. The molecular weight excluding hydrogens is 150 g/mol. The van der Waals surface area contributed by atoms with E-state index in [-0.39, 0.29) is 11.8 Å². The van der Waals surface area contributed by atoms with Crippen molar-refractivity contribution in [1.82, 2.24) is 0 Å². The maximum absolute atomic E-state index is 10.7. The summed E-state index contributed by atoms with van der Waals surface area (Å²) in [5.74, 6) is 0.112. The second-order valence-corrected chi connectivity index (χ2v) is 3.53. The summed E-state index contributed by atoms with van der Waals surface area (Å²) in [5.41, 5.74) is 7.16. The van der Waals surface area contributed by atoms with Crippen LogP contribution in [0.1, 0.15) is 39.0 Å². The van der Waals surface area contributed by atoms with Crippen LogP contribution in [-0.4, -0.2) is 11.8 Å². The largest absolute Gasteiger partial charge is 0.322 e. The zero-order valence-corrected chi connectivity index (χ0v) is 7.68. The first kappa shape index (κ1) is 9.46. The Kier molecular flexibility index (Phi) is 3.48. The van der Waals surface area contributed by atoms with Crippen molar-refractivity contribution >= 4 is 5.78 Å². The molecule has 0 unspecified atom stereocenters. The zero-order chi connectivity index (χ0) is 8.97. The van der Waals surface area contributed by atoms with Crippen molar-refractivity contribution in [3.05, 3.63) is 11.6 Å². The van der Waals surface area contributed by atoms with E-state index in [1.807, 2.05) is 0 Å². The highest BCUT2D eigenvalue weighted by atomic mass is 16.1. The molecule has 2 nitrogen and oxygen atoms in total. The lowest BCUT2D eigenvalue weighted by Crippen LogP contribution is -2.27. The second kappa shape index (κ2) is 4.41. The molecule has 2 heteroatoms. The molecule has 1 rings (SSSR count). The fourth-order valence-electron chi connectivity index (χ4n) is 1.20. The topological polar surface area (TPSA) is 43.1 Å². The van der Waals surface area contributed by atoms with Gasteiger partial charge in [0.15, 0.2) is 0 Å². The van der Waals surface area contributed by atoms with E-state index in [1.165, 1.54) is 19.3 Å². The van der Waals surface area contributed by atoms with Crippen LogP contribution >= 0.6 is 0 Å². The van der Waals surface area contributed by atoms with Gasteiger partial charge in [-0.05, 0) is 32.6 Å². The first-order valence-electron chi connectivity index (χ1n) is 4.64. The van der Waals surface area contributed by atoms with E-state index < -0.39 is 0 Å². The van der Waals surface area contributed by atoms with Crippen LogP contribution in [0.15, 0.2) is 11.6 Å². The highest BCUT2D eigenvalue weighted by Crippen LogP contribution is 2.24. The Labute approximate surface area is 73.8 Å². The normalized spacial score (nSPS) is 17.0. The van der Waals surface area contributed by atoms with Gasteiger partial charge in [0.1, 0.15) is 5.78 Å². The third kappa shape index (κ3) is 3.67. The molecule has 0 fully saturated rings. The molecular formula is C10H17NO. The van der Waals surface area contributed by atoms with Gasteiger partial charge in [-0.3, -0.25) is 4.79 Å². The summed E-state index contributed by atoms with van der Waals surface area (Å²) >= 11 is 0. The van der Waals surface area contributed by atoms with Gasteiger partial charge in [0.2, 0.25) is 0 Å². The minimum Gasteiger partial charge on any atom is -0.322 e. The number of hydrogen-bond donors (Lipinski definition) is 1. The molecule has 0 heterocycles. The summed E-state index contributed by atoms with van der Waals surface area (Å²) in [5, 5.41) is 0. The molecule has 0 aromatic carbocycles. The van der Waals surface area contributed by atoms with E-state index in [4.69, 9.17) is 5.73 Å². The predicted molar refractivity (Wildman–Crippen MR) is 49.8 cm³/mol. The number of nitrogens with two attached hydrogens (primary N) is 1. The standard InChI is InChI=1S/C10H17NO/c1-8(12)10(11)5-3-2-4-9-6-7-9/h6,10H,2-5,7,11H2,1H3/t10-/m0/s1. The van der Waals surface area contributed by atoms with Crippen molar-refractivity contribution in [2.24, 2.45) is 5.73 Å². The van der Waals surface area contributed by atoms with Gasteiger partial charge in [-0.1, -0.05) is 18.1 Å². The van der Waals surface area contributed by atoms with Gasteiger partial charge in [0.05, 0.1) is 6.04 Å². The van der Waals surface area contributed by atoms with Gasteiger partial charge in [-0.15, -0.1) is 0 Å². The number of allylic oxidation sites excluding steroid dienone is 2. The minimum atomic E-state index is -0.224. The van der Waals surface area contributed by atoms with Crippen molar-refractivity contribution in [1.29, 1.82) is 0 Å². The van der Waals surface area contributed by atoms with E-state index in [0.29, 0.717) is 0 Å². The number of ketones is 1. The van der Waals surface area contributed by atoms with Gasteiger partial charge in [0, 0.05) is 0 Å². The summed E-state index contributed by atoms with van der Waals surface area (Å²) in [6.45, 7) is 1.56. The molecule has 0 aromatic heterocycles. The van der Waals surface area contributed by atoms with Crippen LogP contribution in [0, 0.1) is 0 Å². The van der Waals surface area contributed by atoms with Gasteiger partial charge in [-0.25, -0.2) is 0 Å². The Morgan fingerprint density at radius 1 is 1.67 bits per heavy atom. The molecule has 0 saturated carbocycles. The van der Waals surface area contributed by atoms with Crippen molar-refractivity contribution in [3.8, 4) is 0 Å². The first-order valence-corrected chi connectivity index (χ1v) is 4.64. The van der Waals surface area contributed by atoms with E-state index >= 15 is 0 Å². The highest BCUT2D eigenvalue weighted by Gasteiger charge is 2.09. The molecule has 0 spiro atoms. The molecule has 12 heavy (non-hydrogen) atoms. The SMILES string of the molecule is CC(=O)[C@@H](N)CCCCC1=CC1. The lowest BCUT2D eigenvalue weighted by Gasteiger charge is -2.05. The van der Waals surface area contributed by atoms with E-state index in [9.17, 15) is 4.79 Å². The Hall–Kier alpha value is -0.630. The minimum absolute atomic E-state index is 0.112. The number of rotatable bonds is 6. The third-order valence-corrected chi connectivity index (χ3v) is 2.28. The number of carbonyl (C=O) groups excluding carboxylic acids is 1. The molecule has 1 aliphatic rings. The number of unbranched alkanes of at least 4 members (excludes halogenated alkanes) is 1. The molecule has 1 aliphatic carbocycles. The average Bonchev–Trinajstić information content (AvgIpc) is 2.80. The van der Waals surface area contributed by atoms with Crippen molar-refractivity contribution in [2.75, 3.05) is 0 Å². The fraction of sp³-hybridized carbons (Fsp3) is 0.700. The molecule has 0 aromatic rings. The van der Waals surface area contributed by atoms with Crippen LogP contribution in [0.2, 0.25) is 0 Å². The summed E-state index contributed by atoms with van der Waals surface area (Å²) < 4.78 is 0. The van der Waals surface area contributed by atoms with E-state index in [1.54, 1.807) is 12.5 Å². The fourth-order valence-corrected chi connectivity index (χ4v) is 1.20. The third-order valence-electron chi connectivity index (χ3n) is 2.28. The monoisotopic (exact) mass is 167 g/mol. The van der Waals surface area contributed by atoms with E-state index in [0.717, 1.165) is 12.8 Å². The quantitative estimate of drug-likeness (QED) is 0.484. The first-order chi connectivity index (χ1) is 5.70. The van der Waals surface area contributed by atoms with Gasteiger partial charge < -0.3 is 5.73 Å². The highest BCUT2D eigenvalue weighted by molar-refractivity contribution is 5.80. The number of carbonyl (C=O) groups is 1. The molecule has 2 N–H and O–H groups in total. The Bertz CT molecular complexity index is 196. The molecule has 0 radical (unpaired) electrons. The summed E-state index contributed by atoms with van der Waals surface area (Å²) in [6.07, 6.45) is 7.81. The van der Waals surface area contributed by atoms with Gasteiger partial charge in [-0.2, -0.15) is 0 Å². The Balaban J connectivity index is 1.93. The van der Waals surface area contributed by atoms with Crippen LogP contribution < -0.4 is 5.73 Å². The van der Waals surface area contributed by atoms with Crippen LogP contribution in [0.25, 0.3) is 0 Å². The van der Waals surface area contributed by atoms with Crippen LogP contribution in [0.4, 0.5) is 0 Å². The molecule has 68 valence electrons. The lowest BCUT2D eigenvalue weighted by molar-refractivity contribution is -0.118. The Morgan fingerprint density at radius 2 is 2.33 bits per heavy atom. The summed E-state index contributed by atoms with van der Waals surface area (Å²) in [7, 11) is 0. The molecule has 0 amide bonds. The van der Waals surface area contributed by atoms with Crippen molar-refractivity contribution in [3.63, 3.8) is 0 Å². The van der Waals surface area contributed by atoms with Crippen molar-refractivity contribution in [2.45, 2.75) is 45.1 Å². The van der Waals surface area contributed by atoms with Crippen LogP contribution in [-0.2, 0) is 4.79 Å². The molecule has 0 aliphatic heterocycles. The van der Waals surface area contributed by atoms with Crippen LogP contribution in [0.3, 0.4) is 0 Å². The van der Waals surface area contributed by atoms with Crippen LogP contribution in [0.5, 0.6) is 0 Å². The number of Topliss-reactive ketones (excluding diaryl/α,β-unsaturated/α-hetero) is 1. The zero-order valence-electron chi connectivity index (χ0n) is 7.68. The smallest absolute Gasteiger partial charge is 0.146 e. The van der Waals surface area contributed by atoms with E-state index in [2.05, 4.69) is 6.08 Å². The maximum atomic E-state index is 10.7. The molecule has 0 saturated heterocycles. The molecule has 1 atom stereocenters. The second-order valence-electron chi connectivity index (χ2n) is 3.53. The number of hydrogen-bond acceptors (Lipinski definition) is 2. The average molecular weight is 167 g/mol. The van der Waals surface area contributed by atoms with Gasteiger partial charge in [0.25, 0.3) is 0 Å². The van der Waals surface area contributed by atoms with Gasteiger partial charge >= 0.3 is 0 Å². The molecule has 0 bridgehead atoms. The maximum Gasteiger partial charge on any atom is 0.146 e. The summed E-state index contributed by atoms with van der Waals surface area (Å²) in [4.78, 5) is 10.7.